The van der Waals surface area contributed by atoms with Crippen LogP contribution in [-0.2, 0) is 7.05 Å². The van der Waals surface area contributed by atoms with Crippen molar-refractivity contribution in [3.8, 4) is 0 Å². The zero-order chi connectivity index (χ0) is 9.30. The molecule has 0 fully saturated rings. The molecule has 1 aromatic heterocycles. The SMILES string of the molecule is Cc1nn(C)c(C)c1C(F)CN. The summed E-state index contributed by atoms with van der Waals surface area (Å²) in [5.41, 5.74) is 7.46. The maximum atomic E-state index is 13.2. The van der Waals surface area contributed by atoms with Gasteiger partial charge in [-0.05, 0) is 13.8 Å². The average Bonchev–Trinajstić information content (AvgIpc) is 2.26. The minimum Gasteiger partial charge on any atom is -0.327 e. The fourth-order valence-electron chi connectivity index (χ4n) is 1.36. The molecule has 1 rings (SSSR count). The Morgan fingerprint density at radius 2 is 2.17 bits per heavy atom. The predicted molar refractivity (Wildman–Crippen MR) is 45.6 cm³/mol. The molecule has 0 bridgehead atoms. The second-order valence-corrected chi connectivity index (χ2v) is 2.91. The zero-order valence-electron chi connectivity index (χ0n) is 7.63. The van der Waals surface area contributed by atoms with Crippen molar-refractivity contribution in [1.29, 1.82) is 0 Å². The van der Waals surface area contributed by atoms with Crippen LogP contribution in [0, 0.1) is 13.8 Å². The molecule has 0 spiro atoms. The number of aromatic nitrogens is 2. The van der Waals surface area contributed by atoms with Crippen molar-refractivity contribution in [3.63, 3.8) is 0 Å². The molecule has 0 radical (unpaired) electrons. The van der Waals surface area contributed by atoms with Crippen molar-refractivity contribution < 1.29 is 4.39 Å². The molecule has 2 N–H and O–H groups in total. The van der Waals surface area contributed by atoms with E-state index in [0.717, 1.165) is 11.4 Å². The second kappa shape index (κ2) is 3.23. The lowest BCUT2D eigenvalue weighted by Crippen LogP contribution is -2.09. The van der Waals surface area contributed by atoms with Gasteiger partial charge in [-0.25, -0.2) is 4.39 Å². The van der Waals surface area contributed by atoms with Gasteiger partial charge < -0.3 is 5.73 Å². The quantitative estimate of drug-likeness (QED) is 0.721. The van der Waals surface area contributed by atoms with E-state index in [-0.39, 0.29) is 6.54 Å². The van der Waals surface area contributed by atoms with E-state index in [1.807, 2.05) is 6.92 Å². The molecule has 1 aromatic rings. The van der Waals surface area contributed by atoms with Crippen LogP contribution in [0.2, 0.25) is 0 Å². The summed E-state index contributed by atoms with van der Waals surface area (Å²) in [6.45, 7) is 3.66. The molecule has 0 aliphatic rings. The Bertz CT molecular complexity index is 280. The fraction of sp³-hybridized carbons (Fsp3) is 0.625. The van der Waals surface area contributed by atoms with Crippen LogP contribution in [0.15, 0.2) is 0 Å². The summed E-state index contributed by atoms with van der Waals surface area (Å²) in [7, 11) is 1.80. The van der Waals surface area contributed by atoms with E-state index in [2.05, 4.69) is 5.10 Å². The van der Waals surface area contributed by atoms with E-state index in [1.54, 1.807) is 18.7 Å². The molecule has 4 heteroatoms. The Hall–Kier alpha value is -0.900. The number of alkyl halides is 1. The van der Waals surface area contributed by atoms with Gasteiger partial charge in [-0.1, -0.05) is 0 Å². The monoisotopic (exact) mass is 171 g/mol. The summed E-state index contributed by atoms with van der Waals surface area (Å²) in [6.07, 6.45) is -1.08. The first-order valence-corrected chi connectivity index (χ1v) is 3.92. The van der Waals surface area contributed by atoms with Gasteiger partial charge in [-0.2, -0.15) is 5.10 Å². The third kappa shape index (κ3) is 1.34. The summed E-state index contributed by atoms with van der Waals surface area (Å²) < 4.78 is 14.9. The van der Waals surface area contributed by atoms with Crippen LogP contribution < -0.4 is 5.73 Å². The number of hydrogen-bond acceptors (Lipinski definition) is 2. The molecular formula is C8H14FN3. The summed E-state index contributed by atoms with van der Waals surface area (Å²) in [6, 6.07) is 0. The highest BCUT2D eigenvalue weighted by molar-refractivity contribution is 5.27. The lowest BCUT2D eigenvalue weighted by atomic mass is 10.1. The first-order chi connectivity index (χ1) is 5.57. The third-order valence-corrected chi connectivity index (χ3v) is 2.09. The fourth-order valence-corrected chi connectivity index (χ4v) is 1.36. The minimum absolute atomic E-state index is 0.0212. The predicted octanol–water partition coefficient (Wildman–Crippen LogP) is 1.01. The Kier molecular flexibility index (Phi) is 2.47. The Balaban J connectivity index is 3.13. The first kappa shape index (κ1) is 9.19. The molecule has 0 aromatic carbocycles. The van der Waals surface area contributed by atoms with E-state index >= 15 is 0 Å². The van der Waals surface area contributed by atoms with Gasteiger partial charge >= 0.3 is 0 Å². The molecule has 1 atom stereocenters. The van der Waals surface area contributed by atoms with Crippen molar-refractivity contribution in [2.45, 2.75) is 20.0 Å². The van der Waals surface area contributed by atoms with Crippen LogP contribution in [0.25, 0.3) is 0 Å². The van der Waals surface area contributed by atoms with Gasteiger partial charge in [0.2, 0.25) is 0 Å². The minimum atomic E-state index is -1.08. The van der Waals surface area contributed by atoms with Crippen molar-refractivity contribution in [2.24, 2.45) is 12.8 Å². The Morgan fingerprint density at radius 1 is 1.58 bits per heavy atom. The topological polar surface area (TPSA) is 43.8 Å². The van der Waals surface area contributed by atoms with Gasteiger partial charge in [0, 0.05) is 24.8 Å². The van der Waals surface area contributed by atoms with Crippen LogP contribution in [0.1, 0.15) is 23.1 Å². The van der Waals surface area contributed by atoms with E-state index < -0.39 is 6.17 Å². The molecular weight excluding hydrogens is 157 g/mol. The van der Waals surface area contributed by atoms with Gasteiger partial charge in [0.25, 0.3) is 0 Å². The second-order valence-electron chi connectivity index (χ2n) is 2.91. The summed E-state index contributed by atoms with van der Waals surface area (Å²) in [5.74, 6) is 0. The molecule has 0 amide bonds. The molecule has 1 unspecified atom stereocenters. The summed E-state index contributed by atoms with van der Waals surface area (Å²) in [4.78, 5) is 0. The van der Waals surface area contributed by atoms with Crippen LogP contribution in [-0.4, -0.2) is 16.3 Å². The maximum absolute atomic E-state index is 13.2. The van der Waals surface area contributed by atoms with Gasteiger partial charge in [-0.3, -0.25) is 4.68 Å². The van der Waals surface area contributed by atoms with Crippen LogP contribution in [0.4, 0.5) is 4.39 Å². The third-order valence-electron chi connectivity index (χ3n) is 2.09. The standard InChI is InChI=1S/C8H14FN3/c1-5-8(7(9)4-10)6(2)12(3)11-5/h7H,4,10H2,1-3H3. The number of nitrogens with zero attached hydrogens (tertiary/aromatic N) is 2. The molecule has 0 saturated carbocycles. The molecule has 0 saturated heterocycles. The van der Waals surface area contributed by atoms with Gasteiger partial charge in [-0.15, -0.1) is 0 Å². The first-order valence-electron chi connectivity index (χ1n) is 3.92. The zero-order valence-corrected chi connectivity index (χ0v) is 7.63. The molecule has 0 aliphatic heterocycles. The Labute approximate surface area is 71.4 Å². The van der Waals surface area contributed by atoms with Crippen LogP contribution in [0.5, 0.6) is 0 Å². The molecule has 3 nitrogen and oxygen atoms in total. The van der Waals surface area contributed by atoms with Gasteiger partial charge in [0.1, 0.15) is 6.17 Å². The van der Waals surface area contributed by atoms with Crippen molar-refractivity contribution in [3.05, 3.63) is 17.0 Å². The Morgan fingerprint density at radius 3 is 2.50 bits per heavy atom. The molecule has 1 heterocycles. The number of aryl methyl sites for hydroxylation is 2. The average molecular weight is 171 g/mol. The number of rotatable bonds is 2. The largest absolute Gasteiger partial charge is 0.327 e. The van der Waals surface area contributed by atoms with Crippen molar-refractivity contribution in [2.75, 3.05) is 6.54 Å². The van der Waals surface area contributed by atoms with Crippen molar-refractivity contribution in [1.82, 2.24) is 9.78 Å². The van der Waals surface area contributed by atoms with Crippen LogP contribution >= 0.6 is 0 Å². The number of halogens is 1. The molecule has 68 valence electrons. The van der Waals surface area contributed by atoms with E-state index in [0.29, 0.717) is 5.56 Å². The normalized spacial score (nSPS) is 13.4. The van der Waals surface area contributed by atoms with E-state index in [4.69, 9.17) is 5.73 Å². The van der Waals surface area contributed by atoms with E-state index in [9.17, 15) is 4.39 Å². The van der Waals surface area contributed by atoms with Crippen LogP contribution in [0.3, 0.4) is 0 Å². The molecule has 0 aliphatic carbocycles. The number of hydrogen-bond donors (Lipinski definition) is 1. The highest BCUT2D eigenvalue weighted by atomic mass is 19.1. The van der Waals surface area contributed by atoms with E-state index in [1.165, 1.54) is 0 Å². The maximum Gasteiger partial charge on any atom is 0.141 e. The van der Waals surface area contributed by atoms with Gasteiger partial charge in [0.05, 0.1) is 5.69 Å². The number of nitrogens with two attached hydrogens (primary N) is 1. The van der Waals surface area contributed by atoms with Gasteiger partial charge in [0.15, 0.2) is 0 Å². The highest BCUT2D eigenvalue weighted by Crippen LogP contribution is 2.22. The lowest BCUT2D eigenvalue weighted by molar-refractivity contribution is 0.350. The van der Waals surface area contributed by atoms with Crippen molar-refractivity contribution >= 4 is 0 Å². The highest BCUT2D eigenvalue weighted by Gasteiger charge is 2.17. The lowest BCUT2D eigenvalue weighted by Gasteiger charge is -2.04. The summed E-state index contributed by atoms with van der Waals surface area (Å²) in [5, 5.41) is 4.10. The smallest absolute Gasteiger partial charge is 0.141 e. The summed E-state index contributed by atoms with van der Waals surface area (Å²) >= 11 is 0. The molecule has 12 heavy (non-hydrogen) atoms.